The fraction of sp³-hybridized carbons (Fsp3) is 0.355. The Labute approximate surface area is 225 Å². The summed E-state index contributed by atoms with van der Waals surface area (Å²) in [6, 6.07) is 29.1. The van der Waals surface area contributed by atoms with E-state index in [9.17, 15) is 14.7 Å². The lowest BCUT2D eigenvalue weighted by molar-refractivity contribution is 0.0872. The van der Waals surface area contributed by atoms with Gasteiger partial charge in [0.1, 0.15) is 13.2 Å². The van der Waals surface area contributed by atoms with E-state index in [-0.39, 0.29) is 32.5 Å². The van der Waals surface area contributed by atoms with Crippen LogP contribution < -0.4 is 0 Å². The van der Waals surface area contributed by atoms with Crippen molar-refractivity contribution in [2.45, 2.75) is 45.4 Å². The van der Waals surface area contributed by atoms with E-state index in [1.54, 1.807) is 9.80 Å². The first-order valence-corrected chi connectivity index (χ1v) is 13.2. The zero-order chi connectivity index (χ0) is 26.8. The summed E-state index contributed by atoms with van der Waals surface area (Å²) in [4.78, 5) is 28.6. The lowest BCUT2D eigenvalue weighted by atomic mass is 10.1. The SMILES string of the molecule is O=C(OCc1ccccc1)N(CCO)CCCCCCN(Cc1ccccc1)C(=O)OCc1ccccc1. The lowest BCUT2D eigenvalue weighted by Gasteiger charge is -2.23. The molecule has 0 fully saturated rings. The molecule has 0 atom stereocenters. The maximum Gasteiger partial charge on any atom is 0.410 e. The van der Waals surface area contributed by atoms with Crippen LogP contribution in [0, 0.1) is 0 Å². The van der Waals surface area contributed by atoms with Gasteiger partial charge in [-0.15, -0.1) is 0 Å². The van der Waals surface area contributed by atoms with E-state index in [0.29, 0.717) is 19.6 Å². The Morgan fingerprint density at radius 1 is 0.553 bits per heavy atom. The van der Waals surface area contributed by atoms with Crippen molar-refractivity contribution in [3.63, 3.8) is 0 Å². The van der Waals surface area contributed by atoms with Gasteiger partial charge in [-0.3, -0.25) is 0 Å². The molecule has 0 saturated heterocycles. The predicted molar refractivity (Wildman–Crippen MR) is 147 cm³/mol. The molecule has 0 aliphatic carbocycles. The number of hydrogen-bond donors (Lipinski definition) is 1. The molecule has 0 radical (unpaired) electrons. The highest BCUT2D eigenvalue weighted by Gasteiger charge is 2.17. The summed E-state index contributed by atoms with van der Waals surface area (Å²) < 4.78 is 11.0. The largest absolute Gasteiger partial charge is 0.445 e. The maximum absolute atomic E-state index is 12.9. The van der Waals surface area contributed by atoms with E-state index in [0.717, 1.165) is 42.4 Å². The molecule has 3 rings (SSSR count). The van der Waals surface area contributed by atoms with E-state index >= 15 is 0 Å². The summed E-state index contributed by atoms with van der Waals surface area (Å²) in [5.41, 5.74) is 2.93. The van der Waals surface area contributed by atoms with Crippen molar-refractivity contribution < 1.29 is 24.2 Å². The molecule has 0 saturated carbocycles. The molecule has 0 unspecified atom stereocenters. The topological polar surface area (TPSA) is 79.3 Å². The van der Waals surface area contributed by atoms with Gasteiger partial charge in [0.25, 0.3) is 0 Å². The number of aliphatic hydroxyl groups excluding tert-OH is 1. The summed E-state index contributed by atoms with van der Waals surface area (Å²) in [6.07, 6.45) is 2.67. The highest BCUT2D eigenvalue weighted by molar-refractivity contribution is 5.68. The first-order valence-electron chi connectivity index (χ1n) is 13.2. The molecule has 3 aromatic carbocycles. The second-order valence-electron chi connectivity index (χ2n) is 9.11. The Bertz CT molecular complexity index is 1060. The predicted octanol–water partition coefficient (Wildman–Crippen LogP) is 6.02. The van der Waals surface area contributed by atoms with Crippen molar-refractivity contribution in [2.24, 2.45) is 0 Å². The third-order valence-electron chi connectivity index (χ3n) is 6.12. The quantitative estimate of drug-likeness (QED) is 0.249. The molecular weight excluding hydrogens is 480 g/mol. The molecular formula is C31H38N2O5. The van der Waals surface area contributed by atoms with E-state index in [2.05, 4.69) is 0 Å². The molecule has 2 amide bonds. The van der Waals surface area contributed by atoms with Crippen LogP contribution in [0.2, 0.25) is 0 Å². The van der Waals surface area contributed by atoms with Crippen LogP contribution in [0.15, 0.2) is 91.0 Å². The van der Waals surface area contributed by atoms with E-state index in [1.165, 1.54) is 0 Å². The summed E-state index contributed by atoms with van der Waals surface area (Å²) in [5, 5.41) is 9.36. The Morgan fingerprint density at radius 3 is 1.45 bits per heavy atom. The highest BCUT2D eigenvalue weighted by atomic mass is 16.6. The Hall–Kier alpha value is -3.84. The monoisotopic (exact) mass is 518 g/mol. The molecule has 0 aliphatic heterocycles. The standard InChI is InChI=1S/C31H38N2O5/c34-23-22-32(30(35)37-25-28-16-8-4-9-17-28)20-12-1-2-13-21-33(24-27-14-6-3-7-15-27)31(36)38-26-29-18-10-5-11-19-29/h3-11,14-19,34H,1-2,12-13,20-26H2. The molecule has 3 aromatic rings. The summed E-state index contributed by atoms with van der Waals surface area (Å²) in [5.74, 6) is 0. The molecule has 7 heteroatoms. The number of hydrogen-bond acceptors (Lipinski definition) is 5. The Morgan fingerprint density at radius 2 is 0.974 bits per heavy atom. The van der Waals surface area contributed by atoms with Gasteiger partial charge in [0.05, 0.1) is 6.61 Å². The van der Waals surface area contributed by atoms with Gasteiger partial charge >= 0.3 is 12.2 Å². The zero-order valence-electron chi connectivity index (χ0n) is 21.9. The van der Waals surface area contributed by atoms with Gasteiger partial charge < -0.3 is 24.4 Å². The summed E-state index contributed by atoms with van der Waals surface area (Å²) in [6.45, 7) is 2.17. The molecule has 0 spiro atoms. The van der Waals surface area contributed by atoms with Crippen LogP contribution >= 0.6 is 0 Å². The molecule has 1 N–H and O–H groups in total. The number of amides is 2. The van der Waals surface area contributed by atoms with Crippen molar-refractivity contribution >= 4 is 12.2 Å². The normalized spacial score (nSPS) is 10.6. The fourth-order valence-electron chi connectivity index (χ4n) is 4.03. The molecule has 0 aromatic heterocycles. The van der Waals surface area contributed by atoms with Crippen molar-refractivity contribution in [1.82, 2.24) is 9.80 Å². The van der Waals surface area contributed by atoms with E-state index < -0.39 is 6.09 Å². The Balaban J connectivity index is 1.41. The van der Waals surface area contributed by atoms with Crippen molar-refractivity contribution in [3.05, 3.63) is 108 Å². The number of carbonyl (C=O) groups excluding carboxylic acids is 2. The number of ether oxygens (including phenoxy) is 2. The average molecular weight is 519 g/mol. The second-order valence-corrected chi connectivity index (χ2v) is 9.11. The maximum atomic E-state index is 12.9. The van der Waals surface area contributed by atoms with Gasteiger partial charge in [-0.05, 0) is 29.5 Å². The summed E-state index contributed by atoms with van der Waals surface area (Å²) >= 11 is 0. The van der Waals surface area contributed by atoms with Crippen molar-refractivity contribution in [2.75, 3.05) is 26.2 Å². The fourth-order valence-corrected chi connectivity index (χ4v) is 4.03. The summed E-state index contributed by atoms with van der Waals surface area (Å²) in [7, 11) is 0. The van der Waals surface area contributed by atoms with Crippen LogP contribution in [-0.4, -0.2) is 53.3 Å². The second kappa shape index (κ2) is 16.8. The number of aliphatic hydroxyl groups is 1. The lowest BCUT2D eigenvalue weighted by Crippen LogP contribution is -2.35. The van der Waals surface area contributed by atoms with Gasteiger partial charge in [-0.1, -0.05) is 104 Å². The number of benzene rings is 3. The Kier molecular flexibility index (Phi) is 12.7. The van der Waals surface area contributed by atoms with Gasteiger partial charge in [0, 0.05) is 26.2 Å². The van der Waals surface area contributed by atoms with Crippen LogP contribution in [0.25, 0.3) is 0 Å². The smallest absolute Gasteiger partial charge is 0.410 e. The molecule has 0 aliphatic rings. The highest BCUT2D eigenvalue weighted by Crippen LogP contribution is 2.12. The van der Waals surface area contributed by atoms with Crippen LogP contribution in [0.4, 0.5) is 9.59 Å². The number of unbranched alkanes of at least 4 members (excludes halogenated alkanes) is 3. The molecule has 0 heterocycles. The van der Waals surface area contributed by atoms with E-state index in [4.69, 9.17) is 9.47 Å². The molecule has 202 valence electrons. The van der Waals surface area contributed by atoms with Crippen LogP contribution in [0.1, 0.15) is 42.4 Å². The first-order chi connectivity index (χ1) is 18.7. The van der Waals surface area contributed by atoms with Crippen molar-refractivity contribution in [3.8, 4) is 0 Å². The minimum absolute atomic E-state index is 0.111. The average Bonchev–Trinajstić information content (AvgIpc) is 2.96. The van der Waals surface area contributed by atoms with Crippen LogP contribution in [0.5, 0.6) is 0 Å². The number of carbonyl (C=O) groups is 2. The third kappa shape index (κ3) is 10.6. The van der Waals surface area contributed by atoms with Gasteiger partial charge in [0.2, 0.25) is 0 Å². The van der Waals surface area contributed by atoms with Gasteiger partial charge in [0.15, 0.2) is 0 Å². The number of rotatable bonds is 15. The van der Waals surface area contributed by atoms with Gasteiger partial charge in [-0.2, -0.15) is 0 Å². The van der Waals surface area contributed by atoms with Crippen LogP contribution in [0.3, 0.4) is 0 Å². The minimum Gasteiger partial charge on any atom is -0.445 e. The third-order valence-corrected chi connectivity index (χ3v) is 6.12. The molecule has 7 nitrogen and oxygen atoms in total. The van der Waals surface area contributed by atoms with Crippen molar-refractivity contribution in [1.29, 1.82) is 0 Å². The minimum atomic E-state index is -0.418. The van der Waals surface area contributed by atoms with Gasteiger partial charge in [-0.25, -0.2) is 9.59 Å². The molecule has 0 bridgehead atoms. The first kappa shape index (κ1) is 28.7. The molecule has 38 heavy (non-hydrogen) atoms. The number of nitrogens with zero attached hydrogens (tertiary/aromatic N) is 2. The van der Waals surface area contributed by atoms with Crippen LogP contribution in [-0.2, 0) is 29.2 Å². The zero-order valence-corrected chi connectivity index (χ0v) is 21.9. The van der Waals surface area contributed by atoms with E-state index in [1.807, 2.05) is 91.0 Å².